The number of rotatable bonds is 7. The first kappa shape index (κ1) is 35.2. The van der Waals surface area contributed by atoms with Gasteiger partial charge >= 0.3 is 0 Å². The zero-order chi connectivity index (χ0) is 40.3. The molecular weight excluding hydrogens is 759 g/mol. The predicted molar refractivity (Wildman–Crippen MR) is 261 cm³/mol. The molecule has 0 amide bonds. The van der Waals surface area contributed by atoms with Crippen LogP contribution in [-0.4, -0.2) is 0 Å². The largest absolute Gasteiger partial charge is 0.453 e. The van der Waals surface area contributed by atoms with Crippen molar-refractivity contribution >= 4 is 81.3 Å². The van der Waals surface area contributed by atoms with Crippen LogP contribution in [0.1, 0.15) is 0 Å². The summed E-state index contributed by atoms with van der Waals surface area (Å²) >= 11 is 1.87. The second kappa shape index (κ2) is 14.5. The fraction of sp³-hybridized carbons (Fsp3) is 0. The van der Waals surface area contributed by atoms with E-state index in [1.165, 1.54) is 64.3 Å². The molecule has 0 saturated carbocycles. The first-order chi connectivity index (χ1) is 30.2. The minimum absolute atomic E-state index is 0.848. The highest BCUT2D eigenvalue weighted by molar-refractivity contribution is 7.26. The Hall–Kier alpha value is -7.72. The van der Waals surface area contributed by atoms with Crippen molar-refractivity contribution in [2.75, 3.05) is 4.90 Å². The average Bonchev–Trinajstić information content (AvgIpc) is 3.91. The van der Waals surface area contributed by atoms with Crippen molar-refractivity contribution in [3.8, 4) is 44.5 Å². The molecule has 2 heterocycles. The Bertz CT molecular complexity index is 3550. The van der Waals surface area contributed by atoms with Crippen molar-refractivity contribution in [1.82, 2.24) is 0 Å². The zero-order valence-corrected chi connectivity index (χ0v) is 33.9. The Labute approximate surface area is 357 Å². The van der Waals surface area contributed by atoms with Crippen molar-refractivity contribution < 1.29 is 4.42 Å². The van der Waals surface area contributed by atoms with Gasteiger partial charge in [0.2, 0.25) is 0 Å². The normalized spacial score (nSPS) is 11.6. The van der Waals surface area contributed by atoms with Gasteiger partial charge in [-0.25, -0.2) is 0 Å². The summed E-state index contributed by atoms with van der Waals surface area (Å²) in [7, 11) is 0. The number of fused-ring (bicyclic) bond motifs is 7. The van der Waals surface area contributed by atoms with Gasteiger partial charge in [-0.2, -0.15) is 0 Å². The molecule has 0 aliphatic carbocycles. The van der Waals surface area contributed by atoms with E-state index in [9.17, 15) is 0 Å². The van der Waals surface area contributed by atoms with Crippen molar-refractivity contribution in [2.24, 2.45) is 0 Å². The lowest BCUT2D eigenvalue weighted by Gasteiger charge is -2.26. The Morgan fingerprint density at radius 1 is 0.344 bits per heavy atom. The van der Waals surface area contributed by atoms with Crippen LogP contribution in [0.4, 0.5) is 17.1 Å². The average molecular weight is 796 g/mol. The van der Waals surface area contributed by atoms with Crippen LogP contribution in [0.2, 0.25) is 0 Å². The molecule has 12 rings (SSSR count). The maximum atomic E-state index is 7.24. The van der Waals surface area contributed by atoms with E-state index < -0.39 is 0 Å². The molecule has 61 heavy (non-hydrogen) atoms. The van der Waals surface area contributed by atoms with Crippen molar-refractivity contribution in [3.63, 3.8) is 0 Å². The van der Waals surface area contributed by atoms with E-state index in [2.05, 4.69) is 229 Å². The zero-order valence-electron chi connectivity index (χ0n) is 33.1. The maximum Gasteiger partial charge on any atom is 0.159 e. The van der Waals surface area contributed by atoms with Crippen LogP contribution in [0, 0.1) is 0 Å². The number of furan rings is 1. The summed E-state index contributed by atoms with van der Waals surface area (Å²) in [5.74, 6) is 0. The van der Waals surface area contributed by atoms with Crippen LogP contribution in [0.25, 0.3) is 97.4 Å². The van der Waals surface area contributed by atoms with Crippen LogP contribution >= 0.6 is 11.3 Å². The Kier molecular flexibility index (Phi) is 8.39. The molecule has 0 atom stereocenters. The van der Waals surface area contributed by atoms with Gasteiger partial charge in [0.25, 0.3) is 0 Å². The highest BCUT2D eigenvalue weighted by atomic mass is 32.1. The smallest absolute Gasteiger partial charge is 0.159 e. The molecule has 0 saturated heterocycles. The van der Waals surface area contributed by atoms with Gasteiger partial charge in [0.15, 0.2) is 5.58 Å². The second-order valence-electron chi connectivity index (χ2n) is 15.6. The molecule has 2 aromatic heterocycles. The number of para-hydroxylation sites is 1. The lowest BCUT2D eigenvalue weighted by Crippen LogP contribution is -2.10. The summed E-state index contributed by atoms with van der Waals surface area (Å²) in [5, 5.41) is 7.15. The molecule has 12 aromatic rings. The van der Waals surface area contributed by atoms with Crippen LogP contribution in [-0.2, 0) is 0 Å². The lowest BCUT2D eigenvalue weighted by atomic mass is 9.94. The standard InChI is InChI=1S/C58H37NOS/c1-3-13-38(14-4-1)40-25-27-43(28-26-40)55-47-18-8-7-17-44(47)37-52-50-21-12-23-53(56(50)60-57(52)55)59(45-33-29-41(30-34-45)39-15-5-2-6-16-39)46-35-31-42(32-36-46)48-20-11-22-51-49-19-9-10-24-54(49)61-58(48)51/h1-37H. The highest BCUT2D eigenvalue weighted by Gasteiger charge is 2.23. The third-order valence-corrected chi connectivity index (χ3v) is 13.3. The monoisotopic (exact) mass is 795 g/mol. The van der Waals surface area contributed by atoms with E-state index in [0.717, 1.165) is 50.1 Å². The summed E-state index contributed by atoms with van der Waals surface area (Å²) < 4.78 is 9.86. The van der Waals surface area contributed by atoms with E-state index >= 15 is 0 Å². The van der Waals surface area contributed by atoms with Crippen molar-refractivity contribution in [3.05, 3.63) is 224 Å². The van der Waals surface area contributed by atoms with Crippen LogP contribution in [0.15, 0.2) is 229 Å². The van der Waals surface area contributed by atoms with Crippen molar-refractivity contribution in [1.29, 1.82) is 0 Å². The molecule has 0 spiro atoms. The fourth-order valence-corrected chi connectivity index (χ4v) is 10.4. The molecule has 286 valence electrons. The molecule has 0 aliphatic heterocycles. The van der Waals surface area contributed by atoms with Crippen LogP contribution in [0.5, 0.6) is 0 Å². The summed E-state index contributed by atoms with van der Waals surface area (Å²) in [4.78, 5) is 2.34. The number of hydrogen-bond acceptors (Lipinski definition) is 3. The maximum absolute atomic E-state index is 7.24. The molecule has 0 aliphatic rings. The van der Waals surface area contributed by atoms with E-state index in [0.29, 0.717) is 0 Å². The Morgan fingerprint density at radius 3 is 1.57 bits per heavy atom. The quantitative estimate of drug-likeness (QED) is 0.160. The molecule has 10 aromatic carbocycles. The topological polar surface area (TPSA) is 16.4 Å². The molecule has 0 fully saturated rings. The number of thiophene rings is 1. The molecule has 2 nitrogen and oxygen atoms in total. The Morgan fingerprint density at radius 2 is 0.869 bits per heavy atom. The first-order valence-corrected chi connectivity index (χ1v) is 21.6. The molecule has 0 bridgehead atoms. The molecule has 0 unspecified atom stereocenters. The molecular formula is C58H37NOS. The number of benzene rings is 10. The van der Waals surface area contributed by atoms with Gasteiger partial charge in [0, 0.05) is 47.9 Å². The van der Waals surface area contributed by atoms with E-state index in [1.54, 1.807) is 0 Å². The molecule has 3 heteroatoms. The van der Waals surface area contributed by atoms with E-state index in [-0.39, 0.29) is 0 Å². The third kappa shape index (κ3) is 6.01. The van der Waals surface area contributed by atoms with Gasteiger partial charge in [0.1, 0.15) is 5.58 Å². The van der Waals surface area contributed by atoms with E-state index in [4.69, 9.17) is 4.42 Å². The minimum atomic E-state index is 0.848. The van der Waals surface area contributed by atoms with E-state index in [1.807, 2.05) is 11.3 Å². The predicted octanol–water partition coefficient (Wildman–Crippen LogP) is 17.2. The van der Waals surface area contributed by atoms with Gasteiger partial charge < -0.3 is 9.32 Å². The van der Waals surface area contributed by atoms with Gasteiger partial charge in [-0.1, -0.05) is 182 Å². The fourth-order valence-electron chi connectivity index (χ4n) is 9.13. The summed E-state index contributed by atoms with van der Waals surface area (Å²) in [6.45, 7) is 0. The minimum Gasteiger partial charge on any atom is -0.453 e. The van der Waals surface area contributed by atoms with Crippen LogP contribution in [0.3, 0.4) is 0 Å². The van der Waals surface area contributed by atoms with Gasteiger partial charge in [-0.05, 0) is 92.2 Å². The second-order valence-corrected chi connectivity index (χ2v) is 16.7. The van der Waals surface area contributed by atoms with Gasteiger partial charge in [-0.3, -0.25) is 0 Å². The van der Waals surface area contributed by atoms with Gasteiger partial charge in [0.05, 0.1) is 5.69 Å². The summed E-state index contributed by atoms with van der Waals surface area (Å²) in [6.07, 6.45) is 0. The first-order valence-electron chi connectivity index (χ1n) is 20.7. The number of anilines is 3. The number of nitrogens with zero attached hydrogens (tertiary/aromatic N) is 1. The van der Waals surface area contributed by atoms with Crippen LogP contribution < -0.4 is 4.90 Å². The summed E-state index contributed by atoms with van der Waals surface area (Å²) in [6, 6.07) is 80.9. The van der Waals surface area contributed by atoms with Gasteiger partial charge in [-0.15, -0.1) is 11.3 Å². The SMILES string of the molecule is c1ccc(-c2ccc(-c3c4ccccc4cc4c3oc3c(N(c5ccc(-c6ccccc6)cc5)c5ccc(-c6cccc7c6sc6ccccc67)cc5)cccc34)cc2)cc1. The Balaban J connectivity index is 1.04. The summed E-state index contributed by atoms with van der Waals surface area (Å²) in [5.41, 5.74) is 14.2. The highest BCUT2D eigenvalue weighted by Crippen LogP contribution is 2.47. The number of hydrogen-bond donors (Lipinski definition) is 0. The lowest BCUT2D eigenvalue weighted by molar-refractivity contribution is 0.670. The van der Waals surface area contributed by atoms with Crippen molar-refractivity contribution in [2.45, 2.75) is 0 Å². The third-order valence-electron chi connectivity index (χ3n) is 12.1. The molecule has 0 radical (unpaired) electrons. The molecule has 0 N–H and O–H groups in total.